The van der Waals surface area contributed by atoms with Crippen molar-refractivity contribution in [2.75, 3.05) is 6.61 Å². The number of fused-ring (bicyclic) bond motifs is 1. The predicted octanol–water partition coefficient (Wildman–Crippen LogP) is 2.22. The van der Waals surface area contributed by atoms with Crippen molar-refractivity contribution >= 4 is 11.6 Å². The molecule has 1 aliphatic rings. The molecule has 0 saturated carbocycles. The molecule has 0 aliphatic carbocycles. The van der Waals surface area contributed by atoms with Gasteiger partial charge in [-0.05, 0) is 45.2 Å². The number of pyridine rings is 1. The van der Waals surface area contributed by atoms with Crippen LogP contribution in [0.2, 0.25) is 0 Å². The minimum absolute atomic E-state index is 0.0454. The minimum Gasteiger partial charge on any atom is -0.365 e. The van der Waals surface area contributed by atoms with Gasteiger partial charge in [-0.3, -0.25) is 4.79 Å². The number of rotatable bonds is 3. The third kappa shape index (κ3) is 2.78. The maximum absolute atomic E-state index is 12.3. The summed E-state index contributed by atoms with van der Waals surface area (Å²) >= 11 is 0. The van der Waals surface area contributed by atoms with Crippen LogP contribution in [0.4, 0.5) is 0 Å². The lowest BCUT2D eigenvalue weighted by Gasteiger charge is -2.32. The summed E-state index contributed by atoms with van der Waals surface area (Å²) in [4.78, 5) is 16.8. The first-order chi connectivity index (χ1) is 10.1. The van der Waals surface area contributed by atoms with E-state index in [1.165, 1.54) is 0 Å². The molecule has 0 radical (unpaired) electrons. The molecule has 112 valence electrons. The normalized spacial score (nSPS) is 22.4. The Kier molecular flexibility index (Phi) is 3.68. The van der Waals surface area contributed by atoms with E-state index in [-0.39, 0.29) is 5.91 Å². The Labute approximate surface area is 124 Å². The van der Waals surface area contributed by atoms with Crippen molar-refractivity contribution < 1.29 is 9.53 Å². The summed E-state index contributed by atoms with van der Waals surface area (Å²) < 4.78 is 7.68. The van der Waals surface area contributed by atoms with Crippen LogP contribution in [0.5, 0.6) is 0 Å². The number of ether oxygens (including phenoxy) is 1. The van der Waals surface area contributed by atoms with E-state index in [4.69, 9.17) is 4.74 Å². The van der Waals surface area contributed by atoms with E-state index in [1.54, 1.807) is 0 Å². The van der Waals surface area contributed by atoms with Gasteiger partial charge in [-0.2, -0.15) is 0 Å². The molecule has 3 heterocycles. The highest BCUT2D eigenvalue weighted by atomic mass is 16.5. The van der Waals surface area contributed by atoms with Crippen LogP contribution in [0.25, 0.3) is 5.65 Å². The maximum Gasteiger partial charge on any atom is 0.252 e. The number of aryl methyl sites for hydroxylation is 1. The van der Waals surface area contributed by atoms with Crippen LogP contribution in [-0.4, -0.2) is 27.5 Å². The Balaban J connectivity index is 1.68. The number of carbonyl (C=O) groups excluding carboxylic acids is 1. The molecule has 1 saturated heterocycles. The van der Waals surface area contributed by atoms with Gasteiger partial charge in [0, 0.05) is 18.5 Å². The van der Waals surface area contributed by atoms with Crippen LogP contribution in [0, 0.1) is 6.92 Å². The molecule has 1 amide bonds. The predicted molar refractivity (Wildman–Crippen MR) is 80.0 cm³/mol. The van der Waals surface area contributed by atoms with Crippen molar-refractivity contribution in [3.8, 4) is 0 Å². The van der Waals surface area contributed by atoms with Crippen LogP contribution >= 0.6 is 0 Å². The van der Waals surface area contributed by atoms with Crippen molar-refractivity contribution in [3.05, 3.63) is 35.8 Å². The Morgan fingerprint density at radius 3 is 3.05 bits per heavy atom. The van der Waals surface area contributed by atoms with Crippen molar-refractivity contribution in [2.24, 2.45) is 0 Å². The second-order valence-corrected chi connectivity index (χ2v) is 5.85. The SMILES string of the molecule is Cc1cccc2nc(CNC(=O)[C@@]3(C)CCCCO3)cn12. The van der Waals surface area contributed by atoms with Crippen LogP contribution in [0.3, 0.4) is 0 Å². The summed E-state index contributed by atoms with van der Waals surface area (Å²) in [7, 11) is 0. The van der Waals surface area contributed by atoms with Gasteiger partial charge in [-0.15, -0.1) is 0 Å². The molecule has 0 aromatic carbocycles. The van der Waals surface area contributed by atoms with Gasteiger partial charge in [0.1, 0.15) is 11.2 Å². The van der Waals surface area contributed by atoms with Crippen LogP contribution < -0.4 is 5.32 Å². The zero-order valence-electron chi connectivity index (χ0n) is 12.6. The molecular weight excluding hydrogens is 266 g/mol. The zero-order valence-corrected chi connectivity index (χ0v) is 12.6. The molecule has 5 nitrogen and oxygen atoms in total. The van der Waals surface area contributed by atoms with E-state index in [2.05, 4.69) is 10.3 Å². The van der Waals surface area contributed by atoms with Gasteiger partial charge in [0.25, 0.3) is 5.91 Å². The smallest absolute Gasteiger partial charge is 0.252 e. The number of hydrogen-bond acceptors (Lipinski definition) is 3. The number of hydrogen-bond donors (Lipinski definition) is 1. The molecule has 21 heavy (non-hydrogen) atoms. The van der Waals surface area contributed by atoms with Gasteiger partial charge in [0.2, 0.25) is 0 Å². The zero-order chi connectivity index (χ0) is 14.9. The molecule has 1 aliphatic heterocycles. The molecule has 0 spiro atoms. The number of nitrogens with zero attached hydrogens (tertiary/aromatic N) is 2. The van der Waals surface area contributed by atoms with E-state index in [0.717, 1.165) is 36.3 Å². The number of carbonyl (C=O) groups is 1. The highest BCUT2D eigenvalue weighted by Crippen LogP contribution is 2.24. The molecule has 0 unspecified atom stereocenters. The van der Waals surface area contributed by atoms with E-state index in [9.17, 15) is 4.79 Å². The number of nitrogens with one attached hydrogen (secondary N) is 1. The second kappa shape index (κ2) is 5.48. The van der Waals surface area contributed by atoms with Gasteiger partial charge in [0.15, 0.2) is 0 Å². The quantitative estimate of drug-likeness (QED) is 0.941. The lowest BCUT2D eigenvalue weighted by atomic mass is 9.95. The van der Waals surface area contributed by atoms with E-state index >= 15 is 0 Å². The van der Waals surface area contributed by atoms with Crippen molar-refractivity contribution in [3.63, 3.8) is 0 Å². The third-order valence-corrected chi connectivity index (χ3v) is 4.12. The van der Waals surface area contributed by atoms with E-state index in [1.807, 2.05) is 42.6 Å². The fourth-order valence-electron chi connectivity index (χ4n) is 2.75. The van der Waals surface area contributed by atoms with E-state index in [0.29, 0.717) is 13.2 Å². The molecule has 1 N–H and O–H groups in total. The summed E-state index contributed by atoms with van der Waals surface area (Å²) in [5.41, 5.74) is 2.20. The van der Waals surface area contributed by atoms with Crippen LogP contribution in [-0.2, 0) is 16.1 Å². The summed E-state index contributed by atoms with van der Waals surface area (Å²) in [6.45, 7) is 5.00. The maximum atomic E-state index is 12.3. The fourth-order valence-corrected chi connectivity index (χ4v) is 2.75. The molecule has 1 atom stereocenters. The number of amides is 1. The Morgan fingerprint density at radius 2 is 2.33 bits per heavy atom. The van der Waals surface area contributed by atoms with Crippen molar-refractivity contribution in [1.29, 1.82) is 0 Å². The first-order valence-corrected chi connectivity index (χ1v) is 7.44. The molecule has 0 bridgehead atoms. The average Bonchev–Trinajstić information content (AvgIpc) is 2.90. The molecule has 2 aromatic heterocycles. The Bertz CT molecular complexity index is 657. The number of aromatic nitrogens is 2. The highest BCUT2D eigenvalue weighted by molar-refractivity contribution is 5.84. The monoisotopic (exact) mass is 287 g/mol. The van der Waals surface area contributed by atoms with Gasteiger partial charge < -0.3 is 14.5 Å². The first kappa shape index (κ1) is 14.1. The third-order valence-electron chi connectivity index (χ3n) is 4.12. The molecule has 5 heteroatoms. The van der Waals surface area contributed by atoms with Gasteiger partial charge >= 0.3 is 0 Å². The highest BCUT2D eigenvalue weighted by Gasteiger charge is 2.35. The molecular formula is C16H21N3O2. The largest absolute Gasteiger partial charge is 0.365 e. The molecule has 2 aromatic rings. The van der Waals surface area contributed by atoms with Gasteiger partial charge in [0.05, 0.1) is 12.2 Å². The average molecular weight is 287 g/mol. The summed E-state index contributed by atoms with van der Waals surface area (Å²) in [6, 6.07) is 5.98. The molecule has 3 rings (SSSR count). The summed E-state index contributed by atoms with van der Waals surface area (Å²) in [5, 5.41) is 2.95. The van der Waals surface area contributed by atoms with Crippen molar-refractivity contribution in [2.45, 2.75) is 45.3 Å². The fraction of sp³-hybridized carbons (Fsp3) is 0.500. The Hall–Kier alpha value is -1.88. The van der Waals surface area contributed by atoms with Crippen molar-refractivity contribution in [1.82, 2.24) is 14.7 Å². The van der Waals surface area contributed by atoms with Crippen LogP contribution in [0.1, 0.15) is 37.6 Å². The minimum atomic E-state index is -0.687. The first-order valence-electron chi connectivity index (χ1n) is 7.44. The van der Waals surface area contributed by atoms with E-state index < -0.39 is 5.60 Å². The number of imidazole rings is 1. The second-order valence-electron chi connectivity index (χ2n) is 5.85. The van der Waals surface area contributed by atoms with Crippen LogP contribution in [0.15, 0.2) is 24.4 Å². The summed E-state index contributed by atoms with van der Waals surface area (Å²) in [6.07, 6.45) is 4.82. The lowest BCUT2D eigenvalue weighted by Crippen LogP contribution is -2.48. The summed E-state index contributed by atoms with van der Waals surface area (Å²) in [5.74, 6) is -0.0454. The van der Waals surface area contributed by atoms with Gasteiger partial charge in [-0.1, -0.05) is 6.07 Å². The standard InChI is InChI=1S/C16H21N3O2/c1-12-6-5-7-14-18-13(11-19(12)14)10-17-15(20)16(2)8-3-4-9-21-16/h5-7,11H,3-4,8-10H2,1-2H3,(H,17,20)/t16-/m1/s1. The lowest BCUT2D eigenvalue weighted by molar-refractivity contribution is -0.150. The topological polar surface area (TPSA) is 55.6 Å². The Morgan fingerprint density at radius 1 is 1.48 bits per heavy atom. The van der Waals surface area contributed by atoms with Gasteiger partial charge in [-0.25, -0.2) is 4.98 Å². The molecule has 1 fully saturated rings.